The maximum atomic E-state index is 13.5. The molecule has 0 aliphatic carbocycles. The number of pyridine rings is 2. The van der Waals surface area contributed by atoms with Crippen molar-refractivity contribution in [3.8, 4) is 11.3 Å². The number of amides is 1. The number of H-pyrrole nitrogens is 1. The number of nitrogens with one attached hydrogen (secondary N) is 2. The van der Waals surface area contributed by atoms with E-state index in [-0.39, 0.29) is 24.1 Å². The molecule has 0 spiro atoms. The van der Waals surface area contributed by atoms with E-state index in [1.807, 2.05) is 58.0 Å². The Morgan fingerprint density at radius 2 is 1.85 bits per heavy atom. The topological polar surface area (TPSA) is 79.8 Å². The molecule has 6 nitrogen and oxygen atoms in total. The van der Waals surface area contributed by atoms with Crippen LogP contribution in [0, 0.1) is 27.7 Å². The molecule has 0 radical (unpaired) electrons. The summed E-state index contributed by atoms with van der Waals surface area (Å²) in [5, 5.41) is 3.90. The van der Waals surface area contributed by atoms with Gasteiger partial charge in [-0.1, -0.05) is 6.07 Å². The van der Waals surface area contributed by atoms with Crippen LogP contribution in [-0.4, -0.2) is 20.4 Å². The number of hydrogen-bond acceptors (Lipinski definition) is 3. The lowest BCUT2D eigenvalue weighted by atomic mass is 10.00. The molecule has 0 saturated carbocycles. The number of hydrogen-bond donors (Lipinski definition) is 2. The summed E-state index contributed by atoms with van der Waals surface area (Å²) in [6.07, 6.45) is 2.09. The Morgan fingerprint density at radius 3 is 2.52 bits per heavy atom. The summed E-state index contributed by atoms with van der Waals surface area (Å²) in [7, 11) is 0. The molecule has 6 heteroatoms. The number of benzene rings is 1. The fourth-order valence-corrected chi connectivity index (χ4v) is 4.41. The highest BCUT2D eigenvalue weighted by Crippen LogP contribution is 2.32. The van der Waals surface area contributed by atoms with E-state index in [4.69, 9.17) is 0 Å². The zero-order valence-electron chi connectivity index (χ0n) is 20.0. The third-order valence-corrected chi connectivity index (χ3v) is 6.03. The molecule has 0 atom stereocenters. The van der Waals surface area contributed by atoms with E-state index in [9.17, 15) is 9.59 Å². The highest BCUT2D eigenvalue weighted by molar-refractivity contribution is 6.09. The van der Waals surface area contributed by atoms with Gasteiger partial charge >= 0.3 is 0 Å². The molecule has 3 aromatic heterocycles. The molecule has 1 amide bonds. The number of carbonyl (C=O) groups is 1. The van der Waals surface area contributed by atoms with Crippen molar-refractivity contribution in [2.24, 2.45) is 0 Å². The third kappa shape index (κ3) is 4.33. The van der Waals surface area contributed by atoms with Crippen molar-refractivity contribution in [3.63, 3.8) is 0 Å². The Labute approximate surface area is 193 Å². The Kier molecular flexibility index (Phi) is 5.93. The molecule has 0 fully saturated rings. The molecule has 0 bridgehead atoms. The monoisotopic (exact) mass is 442 g/mol. The van der Waals surface area contributed by atoms with E-state index in [1.54, 1.807) is 0 Å². The van der Waals surface area contributed by atoms with Crippen LogP contribution in [0.25, 0.3) is 22.2 Å². The molecular formula is C27H30N4O2. The summed E-state index contributed by atoms with van der Waals surface area (Å²) in [5.74, 6) is -0.210. The van der Waals surface area contributed by atoms with E-state index in [0.29, 0.717) is 11.1 Å². The van der Waals surface area contributed by atoms with E-state index in [0.717, 1.165) is 44.7 Å². The maximum Gasteiger partial charge on any atom is 0.253 e. The van der Waals surface area contributed by atoms with Crippen molar-refractivity contribution < 1.29 is 4.79 Å². The Bertz CT molecular complexity index is 1430. The first-order valence-corrected chi connectivity index (χ1v) is 11.2. The molecule has 0 aliphatic rings. The van der Waals surface area contributed by atoms with Gasteiger partial charge in [0.2, 0.25) is 0 Å². The van der Waals surface area contributed by atoms with Crippen LogP contribution in [-0.2, 0) is 6.54 Å². The van der Waals surface area contributed by atoms with Gasteiger partial charge in [0.1, 0.15) is 0 Å². The zero-order chi connectivity index (χ0) is 23.9. The van der Waals surface area contributed by atoms with Crippen LogP contribution in [0.5, 0.6) is 0 Å². The van der Waals surface area contributed by atoms with Crippen LogP contribution in [0.4, 0.5) is 0 Å². The van der Waals surface area contributed by atoms with Crippen molar-refractivity contribution in [3.05, 3.63) is 86.6 Å². The second-order valence-electron chi connectivity index (χ2n) is 9.02. The number of aryl methyl sites for hydroxylation is 4. The molecule has 2 N–H and O–H groups in total. The lowest BCUT2D eigenvalue weighted by molar-refractivity contribution is 0.0952. The maximum absolute atomic E-state index is 13.5. The van der Waals surface area contributed by atoms with E-state index in [2.05, 4.69) is 46.0 Å². The van der Waals surface area contributed by atoms with Crippen LogP contribution >= 0.6 is 0 Å². The summed E-state index contributed by atoms with van der Waals surface area (Å²) in [5.41, 5.74) is 7.32. The number of carbonyl (C=O) groups excluding carboxylic acids is 1. The van der Waals surface area contributed by atoms with Gasteiger partial charge in [-0.15, -0.1) is 0 Å². The predicted octanol–water partition coefficient (Wildman–Crippen LogP) is 5.14. The molecule has 1 aromatic carbocycles. The van der Waals surface area contributed by atoms with Gasteiger partial charge in [-0.05, 0) is 83.0 Å². The van der Waals surface area contributed by atoms with Crippen LogP contribution in [0.15, 0.2) is 47.4 Å². The minimum absolute atomic E-state index is 0.165. The normalized spacial score (nSPS) is 11.4. The standard InChI is InChI=1S/C27H30N4O2/c1-15(2)31-14-17(4)25-21(11-20(12-24(25)31)23-9-7-8-18(5)29-23)26(32)28-13-22-16(3)10-19(6)30-27(22)33/h7-12,14-15H,13H2,1-6H3,(H,28,32)(H,30,33). The van der Waals surface area contributed by atoms with E-state index in [1.165, 1.54) is 0 Å². The van der Waals surface area contributed by atoms with Crippen LogP contribution in [0.1, 0.15) is 58.3 Å². The first kappa shape index (κ1) is 22.5. The Morgan fingerprint density at radius 1 is 1.09 bits per heavy atom. The first-order valence-electron chi connectivity index (χ1n) is 11.2. The lowest BCUT2D eigenvalue weighted by Gasteiger charge is -2.14. The van der Waals surface area contributed by atoms with Gasteiger partial charge in [0, 0.05) is 57.8 Å². The smallest absolute Gasteiger partial charge is 0.253 e. The van der Waals surface area contributed by atoms with Gasteiger partial charge in [0.25, 0.3) is 11.5 Å². The third-order valence-electron chi connectivity index (χ3n) is 6.03. The summed E-state index contributed by atoms with van der Waals surface area (Å²) in [6, 6.07) is 12.1. The minimum atomic E-state index is -0.210. The largest absolute Gasteiger partial charge is 0.348 e. The number of nitrogens with zero attached hydrogens (tertiary/aromatic N) is 2. The number of aromatic amines is 1. The zero-order valence-corrected chi connectivity index (χ0v) is 20.0. The SMILES string of the molecule is Cc1cccc(-c2cc(C(=O)NCc3c(C)cc(C)[nH]c3=O)c3c(C)cn(C(C)C)c3c2)n1. The minimum Gasteiger partial charge on any atom is -0.348 e. The van der Waals surface area contributed by atoms with Crippen molar-refractivity contribution in [1.29, 1.82) is 0 Å². The van der Waals surface area contributed by atoms with Crippen LogP contribution < -0.4 is 10.9 Å². The lowest BCUT2D eigenvalue weighted by Crippen LogP contribution is -2.28. The Balaban J connectivity index is 1.82. The quantitative estimate of drug-likeness (QED) is 0.449. The van der Waals surface area contributed by atoms with E-state index < -0.39 is 0 Å². The van der Waals surface area contributed by atoms with Gasteiger partial charge < -0.3 is 14.9 Å². The molecule has 4 aromatic rings. The van der Waals surface area contributed by atoms with Crippen molar-refractivity contribution in [2.45, 2.75) is 54.1 Å². The summed E-state index contributed by atoms with van der Waals surface area (Å²) < 4.78 is 2.19. The van der Waals surface area contributed by atoms with Gasteiger partial charge in [-0.3, -0.25) is 14.6 Å². The molecule has 0 unspecified atom stereocenters. The molecular weight excluding hydrogens is 412 g/mol. The highest BCUT2D eigenvalue weighted by atomic mass is 16.1. The molecule has 3 heterocycles. The highest BCUT2D eigenvalue weighted by Gasteiger charge is 2.19. The van der Waals surface area contributed by atoms with Crippen molar-refractivity contribution in [1.82, 2.24) is 19.9 Å². The fourth-order valence-electron chi connectivity index (χ4n) is 4.41. The molecule has 33 heavy (non-hydrogen) atoms. The predicted molar refractivity (Wildman–Crippen MR) is 133 cm³/mol. The average Bonchev–Trinajstić information content (AvgIpc) is 3.09. The first-order chi connectivity index (χ1) is 15.7. The number of aromatic nitrogens is 3. The molecule has 170 valence electrons. The van der Waals surface area contributed by atoms with Gasteiger partial charge in [0.05, 0.1) is 5.69 Å². The summed E-state index contributed by atoms with van der Waals surface area (Å²) in [6.45, 7) is 12.1. The van der Waals surface area contributed by atoms with Crippen LogP contribution in [0.3, 0.4) is 0 Å². The molecule has 4 rings (SSSR count). The number of rotatable bonds is 5. The van der Waals surface area contributed by atoms with Gasteiger partial charge in [-0.25, -0.2) is 0 Å². The number of fused-ring (bicyclic) bond motifs is 1. The van der Waals surface area contributed by atoms with Gasteiger partial charge in [-0.2, -0.15) is 0 Å². The summed E-state index contributed by atoms with van der Waals surface area (Å²) in [4.78, 5) is 33.3. The fraction of sp³-hybridized carbons (Fsp3) is 0.296. The molecule has 0 aliphatic heterocycles. The van der Waals surface area contributed by atoms with Crippen molar-refractivity contribution >= 4 is 16.8 Å². The van der Waals surface area contributed by atoms with Gasteiger partial charge in [0.15, 0.2) is 0 Å². The molecule has 0 saturated heterocycles. The average molecular weight is 443 g/mol. The second kappa shape index (κ2) is 8.70. The Hall–Kier alpha value is -3.67. The van der Waals surface area contributed by atoms with Crippen LogP contribution in [0.2, 0.25) is 0 Å². The van der Waals surface area contributed by atoms with E-state index >= 15 is 0 Å². The van der Waals surface area contributed by atoms with Crippen molar-refractivity contribution in [2.75, 3.05) is 0 Å². The summed E-state index contributed by atoms with van der Waals surface area (Å²) >= 11 is 0. The second-order valence-corrected chi connectivity index (χ2v) is 9.02.